The van der Waals surface area contributed by atoms with E-state index in [0.29, 0.717) is 0 Å². The molecule has 1 heterocycles. The Hall–Kier alpha value is -1.82. The van der Waals surface area contributed by atoms with Crippen LogP contribution in [0.5, 0.6) is 0 Å². The van der Waals surface area contributed by atoms with E-state index in [1.165, 1.54) is 17.8 Å². The van der Waals surface area contributed by atoms with E-state index >= 15 is 0 Å². The van der Waals surface area contributed by atoms with Crippen LogP contribution in [0.4, 0.5) is 0 Å². The zero-order chi connectivity index (χ0) is 9.68. The van der Waals surface area contributed by atoms with Crippen molar-refractivity contribution in [2.24, 2.45) is 0 Å². The number of nitrogens with one attached hydrogen (secondary N) is 2. The predicted molar refractivity (Wildman–Crippen MR) is 41.0 cm³/mol. The molecule has 3 N–H and O–H groups in total. The topological polar surface area (TPSA) is 91.6 Å². The minimum Gasteiger partial charge on any atom is -0.459 e. The van der Waals surface area contributed by atoms with Crippen molar-refractivity contribution < 1.29 is 19.2 Å². The summed E-state index contributed by atoms with van der Waals surface area (Å²) in [5, 5.41) is 10.3. The number of amides is 2. The van der Waals surface area contributed by atoms with Gasteiger partial charge in [0.25, 0.3) is 11.8 Å². The summed E-state index contributed by atoms with van der Waals surface area (Å²) >= 11 is 0. The molecular weight excluding hydrogens is 176 g/mol. The van der Waals surface area contributed by atoms with Gasteiger partial charge in [0, 0.05) is 0 Å². The summed E-state index contributed by atoms with van der Waals surface area (Å²) in [7, 11) is 0. The Morgan fingerprint density at radius 3 is 2.85 bits per heavy atom. The van der Waals surface area contributed by atoms with Gasteiger partial charge in [-0.05, 0) is 12.1 Å². The first kappa shape index (κ1) is 9.27. The van der Waals surface area contributed by atoms with Crippen LogP contribution in [-0.4, -0.2) is 23.6 Å². The molecule has 1 aromatic rings. The van der Waals surface area contributed by atoms with Crippen molar-refractivity contribution in [1.29, 1.82) is 0 Å². The normalized spacial score (nSPS) is 9.31. The molecule has 0 bridgehead atoms. The molecule has 0 unspecified atom stereocenters. The Bertz CT molecular complexity index is 293. The number of hydroxylamine groups is 1. The number of carbonyl (C=O) groups is 2. The highest BCUT2D eigenvalue weighted by atomic mass is 16.5. The minimum atomic E-state index is -0.695. The maximum Gasteiger partial charge on any atom is 0.287 e. The average molecular weight is 184 g/mol. The third-order valence-electron chi connectivity index (χ3n) is 1.28. The van der Waals surface area contributed by atoms with Gasteiger partial charge in [-0.2, -0.15) is 0 Å². The maximum absolute atomic E-state index is 11.1. The maximum atomic E-state index is 11.1. The van der Waals surface area contributed by atoms with Crippen LogP contribution in [0, 0.1) is 0 Å². The summed E-state index contributed by atoms with van der Waals surface area (Å²) in [6.07, 6.45) is 1.35. The van der Waals surface area contributed by atoms with E-state index in [1.54, 1.807) is 6.07 Å². The van der Waals surface area contributed by atoms with E-state index in [-0.39, 0.29) is 12.3 Å². The van der Waals surface area contributed by atoms with Crippen molar-refractivity contribution in [2.45, 2.75) is 0 Å². The third-order valence-corrected chi connectivity index (χ3v) is 1.28. The second kappa shape index (κ2) is 4.27. The molecule has 0 saturated carbocycles. The zero-order valence-electron chi connectivity index (χ0n) is 6.61. The van der Waals surface area contributed by atoms with E-state index in [9.17, 15) is 9.59 Å². The van der Waals surface area contributed by atoms with Crippen LogP contribution in [0.1, 0.15) is 10.6 Å². The minimum absolute atomic E-state index is 0.116. The molecule has 0 atom stereocenters. The molecule has 1 aromatic heterocycles. The SMILES string of the molecule is O=C(CNC(=O)c1ccco1)NO. The van der Waals surface area contributed by atoms with Gasteiger partial charge in [0.2, 0.25) is 0 Å². The average Bonchev–Trinajstić information content (AvgIpc) is 2.66. The quantitative estimate of drug-likeness (QED) is 0.436. The molecule has 0 fully saturated rings. The lowest BCUT2D eigenvalue weighted by molar-refractivity contribution is -0.128. The lowest BCUT2D eigenvalue weighted by Gasteiger charge is -1.99. The van der Waals surface area contributed by atoms with Crippen LogP contribution in [0.15, 0.2) is 22.8 Å². The molecular formula is C7H8N2O4. The molecule has 0 aliphatic heterocycles. The smallest absolute Gasteiger partial charge is 0.287 e. The summed E-state index contributed by atoms with van der Waals surface area (Å²) in [5.74, 6) is -1.08. The van der Waals surface area contributed by atoms with Crippen molar-refractivity contribution in [3.05, 3.63) is 24.2 Å². The van der Waals surface area contributed by atoms with Crippen molar-refractivity contribution in [1.82, 2.24) is 10.8 Å². The van der Waals surface area contributed by atoms with Gasteiger partial charge in [0.1, 0.15) is 0 Å². The standard InChI is InChI=1S/C7H8N2O4/c10-6(9-12)4-8-7(11)5-2-1-3-13-5/h1-3,12H,4H2,(H,8,11)(H,9,10). The van der Waals surface area contributed by atoms with Gasteiger partial charge >= 0.3 is 0 Å². The van der Waals surface area contributed by atoms with Gasteiger partial charge in [0.15, 0.2) is 5.76 Å². The van der Waals surface area contributed by atoms with Gasteiger partial charge in [-0.25, -0.2) is 5.48 Å². The molecule has 1 rings (SSSR count). The van der Waals surface area contributed by atoms with Crippen LogP contribution < -0.4 is 10.8 Å². The second-order valence-corrected chi connectivity index (χ2v) is 2.19. The third kappa shape index (κ3) is 2.60. The van der Waals surface area contributed by atoms with E-state index in [0.717, 1.165) is 0 Å². The second-order valence-electron chi connectivity index (χ2n) is 2.19. The number of furan rings is 1. The van der Waals surface area contributed by atoms with Crippen LogP contribution in [-0.2, 0) is 4.79 Å². The number of hydrogen-bond donors (Lipinski definition) is 3. The molecule has 70 valence electrons. The van der Waals surface area contributed by atoms with Crippen LogP contribution in [0.2, 0.25) is 0 Å². The molecule has 13 heavy (non-hydrogen) atoms. The fraction of sp³-hybridized carbons (Fsp3) is 0.143. The fourth-order valence-corrected chi connectivity index (χ4v) is 0.695. The highest BCUT2D eigenvalue weighted by Gasteiger charge is 2.08. The molecule has 0 aromatic carbocycles. The Morgan fingerprint density at radius 2 is 2.31 bits per heavy atom. The Balaban J connectivity index is 2.39. The molecule has 0 aliphatic carbocycles. The van der Waals surface area contributed by atoms with Crippen LogP contribution in [0.25, 0.3) is 0 Å². The van der Waals surface area contributed by atoms with Crippen molar-refractivity contribution in [2.75, 3.05) is 6.54 Å². The first-order chi connectivity index (χ1) is 6.24. The first-order valence-corrected chi connectivity index (χ1v) is 3.48. The molecule has 0 aliphatic rings. The van der Waals surface area contributed by atoms with Crippen molar-refractivity contribution in [3.63, 3.8) is 0 Å². The summed E-state index contributed by atoms with van der Waals surface area (Å²) in [5.41, 5.74) is 1.38. The highest BCUT2D eigenvalue weighted by molar-refractivity contribution is 5.93. The fourth-order valence-electron chi connectivity index (χ4n) is 0.695. The summed E-state index contributed by atoms with van der Waals surface area (Å²) in [6.45, 7) is -0.296. The van der Waals surface area contributed by atoms with Crippen molar-refractivity contribution >= 4 is 11.8 Å². The predicted octanol–water partition coefficient (Wildman–Crippen LogP) is -0.485. The molecule has 0 radical (unpaired) electrons. The number of rotatable bonds is 3. The van der Waals surface area contributed by atoms with Gasteiger partial charge in [0.05, 0.1) is 12.8 Å². The highest BCUT2D eigenvalue weighted by Crippen LogP contribution is 1.98. The van der Waals surface area contributed by atoms with Gasteiger partial charge in [-0.15, -0.1) is 0 Å². The van der Waals surface area contributed by atoms with E-state index < -0.39 is 11.8 Å². The van der Waals surface area contributed by atoms with Crippen LogP contribution >= 0.6 is 0 Å². The first-order valence-electron chi connectivity index (χ1n) is 3.48. The van der Waals surface area contributed by atoms with E-state index in [2.05, 4.69) is 5.32 Å². The summed E-state index contributed by atoms with van der Waals surface area (Å²) < 4.78 is 4.75. The molecule has 0 spiro atoms. The molecule has 0 saturated heterocycles. The lowest BCUT2D eigenvalue weighted by Crippen LogP contribution is -2.35. The monoisotopic (exact) mass is 184 g/mol. The van der Waals surface area contributed by atoms with Gasteiger partial charge in [-0.3, -0.25) is 14.8 Å². The zero-order valence-corrected chi connectivity index (χ0v) is 6.61. The Morgan fingerprint density at radius 1 is 1.54 bits per heavy atom. The Kier molecular flexibility index (Phi) is 3.04. The van der Waals surface area contributed by atoms with E-state index in [1.807, 2.05) is 0 Å². The lowest BCUT2D eigenvalue weighted by atomic mass is 10.4. The van der Waals surface area contributed by atoms with Crippen LogP contribution in [0.3, 0.4) is 0 Å². The largest absolute Gasteiger partial charge is 0.459 e. The molecule has 6 heteroatoms. The Labute approximate surface area is 73.5 Å². The van der Waals surface area contributed by atoms with E-state index in [4.69, 9.17) is 9.62 Å². The number of carbonyl (C=O) groups excluding carboxylic acids is 2. The van der Waals surface area contributed by atoms with Gasteiger partial charge in [-0.1, -0.05) is 0 Å². The van der Waals surface area contributed by atoms with Gasteiger partial charge < -0.3 is 9.73 Å². The summed E-state index contributed by atoms with van der Waals surface area (Å²) in [4.78, 5) is 21.5. The molecule has 6 nitrogen and oxygen atoms in total. The molecule has 2 amide bonds. The number of hydrogen-bond acceptors (Lipinski definition) is 4. The van der Waals surface area contributed by atoms with Crippen molar-refractivity contribution in [3.8, 4) is 0 Å². The summed E-state index contributed by atoms with van der Waals surface area (Å²) in [6, 6.07) is 3.02.